The van der Waals surface area contributed by atoms with Gasteiger partial charge in [-0.2, -0.15) is 0 Å². The van der Waals surface area contributed by atoms with Gasteiger partial charge in [0.25, 0.3) is 0 Å². The third-order valence-electron chi connectivity index (χ3n) is 6.18. The maximum absolute atomic E-state index is 13.6. The van der Waals surface area contributed by atoms with Crippen molar-refractivity contribution in [3.05, 3.63) is 78.3 Å². The second-order valence-electron chi connectivity index (χ2n) is 8.83. The van der Waals surface area contributed by atoms with Crippen molar-refractivity contribution >= 4 is 17.6 Å². The Bertz CT molecular complexity index is 1160. The van der Waals surface area contributed by atoms with Crippen LogP contribution in [0.5, 0.6) is 11.5 Å². The number of carbonyl (C=O) groups is 2. The predicted octanol–water partition coefficient (Wildman–Crippen LogP) is 4.25. The van der Waals surface area contributed by atoms with E-state index in [-0.39, 0.29) is 37.9 Å². The van der Waals surface area contributed by atoms with Crippen LogP contribution in [-0.4, -0.2) is 54.3 Å². The van der Waals surface area contributed by atoms with E-state index in [1.165, 1.54) is 4.90 Å². The van der Waals surface area contributed by atoms with Crippen LogP contribution in [-0.2, 0) is 22.6 Å². The van der Waals surface area contributed by atoms with Crippen LogP contribution in [0, 0.1) is 0 Å². The zero-order valence-corrected chi connectivity index (χ0v) is 19.9. The first kappa shape index (κ1) is 23.7. The molecule has 1 unspecified atom stereocenters. The summed E-state index contributed by atoms with van der Waals surface area (Å²) in [6.45, 7) is 1.69. The van der Waals surface area contributed by atoms with E-state index in [4.69, 9.17) is 18.6 Å². The maximum atomic E-state index is 13.6. The molecule has 1 saturated heterocycles. The molecule has 2 aromatic carbocycles. The lowest BCUT2D eigenvalue weighted by atomic mass is 10.1. The van der Waals surface area contributed by atoms with Crippen molar-refractivity contribution in [1.82, 2.24) is 9.80 Å². The molecule has 1 aromatic heterocycles. The van der Waals surface area contributed by atoms with Crippen molar-refractivity contribution in [2.24, 2.45) is 0 Å². The molecule has 2 aliphatic rings. The molecule has 5 rings (SSSR count). The topological polar surface area (TPSA) is 93.5 Å². The molecule has 1 atom stereocenters. The molecule has 36 heavy (non-hydrogen) atoms. The van der Waals surface area contributed by atoms with E-state index < -0.39 is 0 Å². The molecular formula is C27H29N3O6. The Labute approximate surface area is 209 Å². The van der Waals surface area contributed by atoms with Gasteiger partial charge in [-0.15, -0.1) is 0 Å². The molecular weight excluding hydrogens is 462 g/mol. The smallest absolute Gasteiger partial charge is 0.322 e. The Morgan fingerprint density at radius 1 is 0.944 bits per heavy atom. The zero-order valence-electron chi connectivity index (χ0n) is 19.9. The van der Waals surface area contributed by atoms with Gasteiger partial charge in [-0.1, -0.05) is 24.3 Å². The monoisotopic (exact) mass is 491 g/mol. The summed E-state index contributed by atoms with van der Waals surface area (Å²) in [5.74, 6) is 1.79. The summed E-state index contributed by atoms with van der Waals surface area (Å²) in [5, 5.41) is 2.90. The number of urea groups is 1. The third kappa shape index (κ3) is 5.98. The molecule has 0 aliphatic carbocycles. The number of carbonyl (C=O) groups excluding carboxylic acids is 2. The normalized spacial score (nSPS) is 16.1. The van der Waals surface area contributed by atoms with Crippen LogP contribution in [0.3, 0.4) is 0 Å². The number of rotatable bonds is 9. The van der Waals surface area contributed by atoms with Crippen LogP contribution in [0.2, 0.25) is 0 Å². The fourth-order valence-corrected chi connectivity index (χ4v) is 4.32. The maximum Gasteiger partial charge on any atom is 0.322 e. The lowest BCUT2D eigenvalue weighted by molar-refractivity contribution is -0.133. The minimum atomic E-state index is -0.342. The number of amides is 3. The van der Waals surface area contributed by atoms with Gasteiger partial charge in [-0.3, -0.25) is 4.79 Å². The van der Waals surface area contributed by atoms with Gasteiger partial charge >= 0.3 is 6.03 Å². The fourth-order valence-electron chi connectivity index (χ4n) is 4.32. The third-order valence-corrected chi connectivity index (χ3v) is 6.18. The molecule has 3 heterocycles. The van der Waals surface area contributed by atoms with Crippen molar-refractivity contribution < 1.29 is 28.2 Å². The Balaban J connectivity index is 1.33. The molecule has 0 radical (unpaired) electrons. The highest BCUT2D eigenvalue weighted by Gasteiger charge is 2.27. The van der Waals surface area contributed by atoms with Gasteiger partial charge in [0.2, 0.25) is 12.7 Å². The van der Waals surface area contributed by atoms with Crippen molar-refractivity contribution in [2.45, 2.75) is 32.0 Å². The van der Waals surface area contributed by atoms with Gasteiger partial charge < -0.3 is 33.7 Å². The molecule has 0 spiro atoms. The van der Waals surface area contributed by atoms with Crippen LogP contribution in [0.25, 0.3) is 0 Å². The highest BCUT2D eigenvalue weighted by molar-refractivity contribution is 5.92. The molecule has 9 heteroatoms. The number of furan rings is 1. The number of hydrogen-bond donors (Lipinski definition) is 1. The summed E-state index contributed by atoms with van der Waals surface area (Å²) in [6.07, 6.45) is 3.29. The van der Waals surface area contributed by atoms with Gasteiger partial charge in [0.05, 0.1) is 18.9 Å². The molecule has 2 aliphatic heterocycles. The molecule has 1 fully saturated rings. The summed E-state index contributed by atoms with van der Waals surface area (Å²) in [7, 11) is 0. The van der Waals surface area contributed by atoms with Crippen LogP contribution < -0.4 is 14.8 Å². The first-order valence-corrected chi connectivity index (χ1v) is 12.1. The van der Waals surface area contributed by atoms with Gasteiger partial charge in [-0.05, 0) is 54.8 Å². The van der Waals surface area contributed by atoms with Gasteiger partial charge in [0, 0.05) is 25.4 Å². The largest absolute Gasteiger partial charge is 0.467 e. The molecule has 0 saturated carbocycles. The van der Waals surface area contributed by atoms with Crippen molar-refractivity contribution in [1.29, 1.82) is 0 Å². The molecule has 0 bridgehead atoms. The average Bonchev–Trinajstić information content (AvgIpc) is 3.67. The average molecular weight is 492 g/mol. The lowest BCUT2D eigenvalue weighted by Gasteiger charge is -2.29. The Hall–Kier alpha value is -3.98. The van der Waals surface area contributed by atoms with E-state index in [9.17, 15) is 9.59 Å². The first-order valence-electron chi connectivity index (χ1n) is 12.1. The number of benzene rings is 2. The molecule has 188 valence electrons. The minimum Gasteiger partial charge on any atom is -0.467 e. The predicted molar refractivity (Wildman–Crippen MR) is 132 cm³/mol. The Kier molecular flexibility index (Phi) is 7.37. The number of ether oxygens (including phenoxy) is 3. The van der Waals surface area contributed by atoms with E-state index in [2.05, 4.69) is 5.32 Å². The summed E-state index contributed by atoms with van der Waals surface area (Å²) < 4.78 is 22.2. The molecule has 3 aromatic rings. The second-order valence-corrected chi connectivity index (χ2v) is 8.83. The SMILES string of the molecule is O=C(CN(CC1CCCO1)C(=O)Nc1ccccc1)N(Cc1ccc2c(c1)OCO2)Cc1ccco1. The number of hydrogen-bond acceptors (Lipinski definition) is 6. The highest BCUT2D eigenvalue weighted by Crippen LogP contribution is 2.33. The van der Waals surface area contributed by atoms with Gasteiger partial charge in [-0.25, -0.2) is 4.79 Å². The summed E-state index contributed by atoms with van der Waals surface area (Å²) in [4.78, 5) is 30.0. The van der Waals surface area contributed by atoms with Gasteiger partial charge in [0.15, 0.2) is 11.5 Å². The van der Waals surface area contributed by atoms with Crippen LogP contribution >= 0.6 is 0 Å². The minimum absolute atomic E-state index is 0.0910. The van der Waals surface area contributed by atoms with E-state index in [0.29, 0.717) is 42.6 Å². The Morgan fingerprint density at radius 3 is 2.58 bits per heavy atom. The quantitative estimate of drug-likeness (QED) is 0.481. The first-order chi connectivity index (χ1) is 17.6. The number of para-hydroxylation sites is 1. The van der Waals surface area contributed by atoms with E-state index in [0.717, 1.165) is 18.4 Å². The highest BCUT2D eigenvalue weighted by atomic mass is 16.7. The number of anilines is 1. The van der Waals surface area contributed by atoms with Crippen molar-refractivity contribution in [2.75, 3.05) is 31.8 Å². The zero-order chi connectivity index (χ0) is 24.7. The van der Waals surface area contributed by atoms with Gasteiger partial charge in [0.1, 0.15) is 12.3 Å². The second kappa shape index (κ2) is 11.2. The standard InChI is InChI=1S/C27H29N3O6/c31-26(18-30(17-23-9-5-13-34-23)27(32)28-21-6-2-1-3-7-21)29(16-22-8-4-12-33-22)15-20-10-11-24-25(14-20)36-19-35-24/h1-4,6-8,10-12,14,23H,5,9,13,15-19H2,(H,28,32). The fraction of sp³-hybridized carbons (Fsp3) is 0.333. The van der Waals surface area contributed by atoms with E-state index in [1.54, 1.807) is 17.2 Å². The summed E-state index contributed by atoms with van der Waals surface area (Å²) in [6, 6.07) is 18.1. The Morgan fingerprint density at radius 2 is 1.81 bits per heavy atom. The number of nitrogens with zero attached hydrogens (tertiary/aromatic N) is 2. The summed E-state index contributed by atoms with van der Waals surface area (Å²) in [5.41, 5.74) is 1.55. The molecule has 9 nitrogen and oxygen atoms in total. The molecule has 1 N–H and O–H groups in total. The van der Waals surface area contributed by atoms with Crippen LogP contribution in [0.1, 0.15) is 24.2 Å². The van der Waals surface area contributed by atoms with Crippen LogP contribution in [0.4, 0.5) is 10.5 Å². The van der Waals surface area contributed by atoms with Crippen molar-refractivity contribution in [3.8, 4) is 11.5 Å². The lowest BCUT2D eigenvalue weighted by Crippen LogP contribution is -2.46. The summed E-state index contributed by atoms with van der Waals surface area (Å²) >= 11 is 0. The number of nitrogens with one attached hydrogen (secondary N) is 1. The van der Waals surface area contributed by atoms with Crippen LogP contribution in [0.15, 0.2) is 71.3 Å². The van der Waals surface area contributed by atoms with E-state index in [1.807, 2.05) is 54.6 Å². The van der Waals surface area contributed by atoms with Crippen molar-refractivity contribution in [3.63, 3.8) is 0 Å². The molecule has 3 amide bonds. The number of fused-ring (bicyclic) bond motifs is 1. The van der Waals surface area contributed by atoms with E-state index >= 15 is 0 Å².